The van der Waals surface area contributed by atoms with E-state index in [2.05, 4.69) is 5.32 Å². The fraction of sp³-hybridized carbons (Fsp3) is 0.579. The van der Waals surface area contributed by atoms with E-state index in [1.54, 1.807) is 17.0 Å². The van der Waals surface area contributed by atoms with Crippen LogP contribution in [0, 0.1) is 10.1 Å². The molecule has 1 atom stereocenters. The van der Waals surface area contributed by atoms with Crippen LogP contribution >= 0.6 is 0 Å². The Balaban J connectivity index is 1.70. The SMILES string of the molecule is CC(CCCCOC(N)=O)Nc1c(N2CCN(C3CC3)C2=O)cccc1[N+](=O)[O-]. The number of urea groups is 1. The number of amides is 3. The van der Waals surface area contributed by atoms with Gasteiger partial charge < -0.3 is 20.7 Å². The number of carbonyl (C=O) groups is 2. The monoisotopic (exact) mass is 405 g/mol. The van der Waals surface area contributed by atoms with E-state index in [1.807, 2.05) is 11.8 Å². The van der Waals surface area contributed by atoms with Gasteiger partial charge in [0.15, 0.2) is 0 Å². The van der Waals surface area contributed by atoms with Gasteiger partial charge in [0.2, 0.25) is 0 Å². The number of benzene rings is 1. The summed E-state index contributed by atoms with van der Waals surface area (Å²) in [5, 5.41) is 14.8. The van der Waals surface area contributed by atoms with Gasteiger partial charge in [-0.25, -0.2) is 9.59 Å². The van der Waals surface area contributed by atoms with Gasteiger partial charge in [0.25, 0.3) is 5.69 Å². The molecule has 0 aromatic heterocycles. The van der Waals surface area contributed by atoms with E-state index in [-0.39, 0.29) is 24.4 Å². The Labute approximate surface area is 169 Å². The summed E-state index contributed by atoms with van der Waals surface area (Å²) in [5.41, 5.74) is 5.78. The van der Waals surface area contributed by atoms with Gasteiger partial charge in [-0.05, 0) is 45.1 Å². The number of carbonyl (C=O) groups excluding carboxylic acids is 2. The van der Waals surface area contributed by atoms with E-state index in [0.29, 0.717) is 36.9 Å². The third-order valence-corrected chi connectivity index (χ3v) is 5.20. The van der Waals surface area contributed by atoms with Gasteiger partial charge in [-0.2, -0.15) is 0 Å². The first kappa shape index (κ1) is 20.7. The molecule has 1 heterocycles. The number of nitro benzene ring substituents is 1. The molecule has 1 aromatic rings. The van der Waals surface area contributed by atoms with Crippen LogP contribution in [0.5, 0.6) is 0 Å². The highest BCUT2D eigenvalue weighted by atomic mass is 16.6. The zero-order valence-corrected chi connectivity index (χ0v) is 16.5. The Morgan fingerprint density at radius 2 is 2.14 bits per heavy atom. The van der Waals surface area contributed by atoms with Crippen molar-refractivity contribution in [2.24, 2.45) is 5.73 Å². The van der Waals surface area contributed by atoms with E-state index >= 15 is 0 Å². The molecule has 1 aliphatic carbocycles. The van der Waals surface area contributed by atoms with Crippen LogP contribution in [-0.2, 0) is 4.74 Å². The van der Waals surface area contributed by atoms with Crippen molar-refractivity contribution in [1.29, 1.82) is 0 Å². The van der Waals surface area contributed by atoms with E-state index < -0.39 is 11.0 Å². The van der Waals surface area contributed by atoms with E-state index in [9.17, 15) is 19.7 Å². The molecule has 1 saturated carbocycles. The second-order valence-corrected chi connectivity index (χ2v) is 7.50. The molecule has 0 spiro atoms. The molecule has 3 rings (SSSR count). The van der Waals surface area contributed by atoms with Crippen molar-refractivity contribution >= 4 is 29.2 Å². The quantitative estimate of drug-likeness (QED) is 0.349. The van der Waals surface area contributed by atoms with Gasteiger partial charge >= 0.3 is 12.1 Å². The molecule has 1 unspecified atom stereocenters. The Bertz CT molecular complexity index is 782. The van der Waals surface area contributed by atoms with E-state index in [4.69, 9.17) is 10.5 Å². The number of hydrogen-bond donors (Lipinski definition) is 2. The number of hydrogen-bond acceptors (Lipinski definition) is 6. The predicted octanol–water partition coefficient (Wildman–Crippen LogP) is 3.07. The van der Waals surface area contributed by atoms with Gasteiger partial charge in [0.05, 0.1) is 17.2 Å². The average molecular weight is 405 g/mol. The van der Waals surface area contributed by atoms with Crippen molar-refractivity contribution in [2.45, 2.75) is 51.1 Å². The first-order valence-electron chi connectivity index (χ1n) is 9.92. The summed E-state index contributed by atoms with van der Waals surface area (Å²) in [6.45, 7) is 3.33. The molecule has 10 nitrogen and oxygen atoms in total. The van der Waals surface area contributed by atoms with Crippen LogP contribution in [0.25, 0.3) is 0 Å². The zero-order valence-electron chi connectivity index (χ0n) is 16.5. The molecule has 0 bridgehead atoms. The number of anilines is 2. The smallest absolute Gasteiger partial charge is 0.404 e. The highest BCUT2D eigenvalue weighted by molar-refractivity contribution is 5.99. The lowest BCUT2D eigenvalue weighted by Crippen LogP contribution is -2.33. The Morgan fingerprint density at radius 1 is 1.38 bits per heavy atom. The van der Waals surface area contributed by atoms with Crippen molar-refractivity contribution in [3.05, 3.63) is 28.3 Å². The molecule has 3 amide bonds. The first-order valence-corrected chi connectivity index (χ1v) is 9.92. The molecule has 1 aliphatic heterocycles. The molecule has 10 heteroatoms. The fourth-order valence-corrected chi connectivity index (χ4v) is 3.60. The predicted molar refractivity (Wildman–Crippen MR) is 108 cm³/mol. The van der Waals surface area contributed by atoms with Crippen molar-refractivity contribution in [2.75, 3.05) is 29.9 Å². The van der Waals surface area contributed by atoms with Gasteiger partial charge in [0, 0.05) is 31.2 Å². The third-order valence-electron chi connectivity index (χ3n) is 5.20. The van der Waals surface area contributed by atoms with Crippen LogP contribution in [0.3, 0.4) is 0 Å². The van der Waals surface area contributed by atoms with Crippen molar-refractivity contribution in [3.63, 3.8) is 0 Å². The molecule has 29 heavy (non-hydrogen) atoms. The molecule has 3 N–H and O–H groups in total. The maximum Gasteiger partial charge on any atom is 0.404 e. The molecule has 2 fully saturated rings. The van der Waals surface area contributed by atoms with Crippen LogP contribution in [-0.4, -0.2) is 53.7 Å². The number of nitrogens with two attached hydrogens (primary N) is 1. The highest BCUT2D eigenvalue weighted by Gasteiger charge is 2.40. The number of rotatable bonds is 10. The van der Waals surface area contributed by atoms with Crippen LogP contribution in [0.4, 0.5) is 26.7 Å². The van der Waals surface area contributed by atoms with Crippen LogP contribution in [0.1, 0.15) is 39.0 Å². The minimum absolute atomic E-state index is 0.0518. The topological polar surface area (TPSA) is 131 Å². The lowest BCUT2D eigenvalue weighted by atomic mass is 10.1. The second-order valence-electron chi connectivity index (χ2n) is 7.50. The number of primary amides is 1. The fourth-order valence-electron chi connectivity index (χ4n) is 3.60. The molecule has 0 radical (unpaired) electrons. The zero-order chi connectivity index (χ0) is 21.0. The Kier molecular flexibility index (Phi) is 6.40. The van der Waals surface area contributed by atoms with E-state index in [0.717, 1.165) is 25.7 Å². The summed E-state index contributed by atoms with van der Waals surface area (Å²) < 4.78 is 4.71. The van der Waals surface area contributed by atoms with Crippen LogP contribution in [0.2, 0.25) is 0 Å². The second kappa shape index (κ2) is 8.97. The van der Waals surface area contributed by atoms with Gasteiger partial charge in [-0.15, -0.1) is 0 Å². The van der Waals surface area contributed by atoms with Crippen molar-refractivity contribution in [3.8, 4) is 0 Å². The molecular formula is C19H27N5O5. The maximum atomic E-state index is 12.8. The largest absolute Gasteiger partial charge is 0.450 e. The first-order chi connectivity index (χ1) is 13.9. The number of nitro groups is 1. The maximum absolute atomic E-state index is 12.8. The molecular weight excluding hydrogens is 378 g/mol. The van der Waals surface area contributed by atoms with Gasteiger partial charge in [0.1, 0.15) is 5.69 Å². The van der Waals surface area contributed by atoms with Gasteiger partial charge in [-0.1, -0.05) is 6.07 Å². The Hall–Kier alpha value is -3.04. The highest BCUT2D eigenvalue weighted by Crippen LogP contribution is 2.39. The number of unbranched alkanes of at least 4 members (excludes halogenated alkanes) is 1. The summed E-state index contributed by atoms with van der Waals surface area (Å²) >= 11 is 0. The molecule has 2 aliphatic rings. The summed E-state index contributed by atoms with van der Waals surface area (Å²) in [7, 11) is 0. The molecule has 1 aromatic carbocycles. The summed E-state index contributed by atoms with van der Waals surface area (Å²) in [5.74, 6) is 0. The number of ether oxygens (including phenoxy) is 1. The van der Waals surface area contributed by atoms with Gasteiger partial charge in [-0.3, -0.25) is 15.0 Å². The lowest BCUT2D eigenvalue weighted by Gasteiger charge is -2.23. The van der Waals surface area contributed by atoms with E-state index in [1.165, 1.54) is 6.07 Å². The standard InChI is InChI=1S/C19H27N5O5/c1-13(5-2-3-12-29-18(20)25)21-17-15(6-4-7-16(17)24(27)28)23-11-10-22(19(23)26)14-8-9-14/h4,6-7,13-14,21H,2-3,5,8-12H2,1H3,(H2,20,25). The molecule has 158 valence electrons. The average Bonchev–Trinajstić information content (AvgIpc) is 3.43. The summed E-state index contributed by atoms with van der Waals surface area (Å²) in [6.07, 6.45) is 3.38. The van der Waals surface area contributed by atoms with Crippen molar-refractivity contribution < 1.29 is 19.2 Å². The minimum Gasteiger partial charge on any atom is -0.450 e. The number of para-hydroxylation sites is 1. The summed E-state index contributed by atoms with van der Waals surface area (Å²) in [6, 6.07) is 4.95. The molecule has 1 saturated heterocycles. The number of nitrogens with one attached hydrogen (secondary N) is 1. The lowest BCUT2D eigenvalue weighted by molar-refractivity contribution is -0.383. The Morgan fingerprint density at radius 3 is 2.79 bits per heavy atom. The number of nitrogens with zero attached hydrogens (tertiary/aromatic N) is 3. The third kappa shape index (κ3) is 5.07. The van der Waals surface area contributed by atoms with Crippen LogP contribution in [0.15, 0.2) is 18.2 Å². The summed E-state index contributed by atoms with van der Waals surface area (Å²) in [4.78, 5) is 38.0. The minimum atomic E-state index is -0.795. The van der Waals surface area contributed by atoms with Crippen LogP contribution < -0.4 is 16.0 Å². The normalized spacial score (nSPS) is 17.3. The van der Waals surface area contributed by atoms with Crippen molar-refractivity contribution in [1.82, 2.24) is 4.90 Å².